The van der Waals surface area contributed by atoms with Gasteiger partial charge in [0.25, 0.3) is 0 Å². The fourth-order valence-electron chi connectivity index (χ4n) is 1.40. The van der Waals surface area contributed by atoms with Gasteiger partial charge in [-0.3, -0.25) is 4.79 Å². The minimum Gasteiger partial charge on any atom is -0.481 e. The summed E-state index contributed by atoms with van der Waals surface area (Å²) >= 11 is 1.58. The first-order valence-electron chi connectivity index (χ1n) is 5.26. The summed E-state index contributed by atoms with van der Waals surface area (Å²) in [5, 5.41) is 9.34. The Labute approximate surface area is 102 Å². The Kier molecular flexibility index (Phi) is 3.92. The number of nitrogens with one attached hydrogen (secondary N) is 1. The molecule has 0 aliphatic rings. The molecule has 2 heterocycles. The van der Waals surface area contributed by atoms with Crippen LogP contribution in [-0.4, -0.2) is 36.8 Å². The summed E-state index contributed by atoms with van der Waals surface area (Å²) in [4.78, 5) is 25.6. The van der Waals surface area contributed by atoms with Gasteiger partial charge in [0.05, 0.1) is 6.33 Å². The van der Waals surface area contributed by atoms with Crippen molar-refractivity contribution in [2.75, 3.05) is 5.75 Å². The summed E-state index contributed by atoms with van der Waals surface area (Å²) in [5.41, 5.74) is 1.50. The van der Waals surface area contributed by atoms with Gasteiger partial charge in [0.15, 0.2) is 5.65 Å². The minimum absolute atomic E-state index is 0.224. The van der Waals surface area contributed by atoms with Crippen molar-refractivity contribution < 1.29 is 9.90 Å². The first kappa shape index (κ1) is 11.8. The lowest BCUT2D eigenvalue weighted by molar-refractivity contribution is -0.137. The molecule has 6 nitrogen and oxygen atoms in total. The fourth-order valence-corrected chi connectivity index (χ4v) is 2.34. The maximum Gasteiger partial charge on any atom is 0.303 e. The number of hydrogen-bond donors (Lipinski definition) is 2. The summed E-state index contributed by atoms with van der Waals surface area (Å²) in [6, 6.07) is 0. The molecule has 2 aromatic heterocycles. The molecule has 17 heavy (non-hydrogen) atoms. The van der Waals surface area contributed by atoms with Crippen molar-refractivity contribution in [1.29, 1.82) is 0 Å². The molecular formula is C10H12N4O2S. The summed E-state index contributed by atoms with van der Waals surface area (Å²) in [6.45, 7) is 0. The van der Waals surface area contributed by atoms with Crippen LogP contribution in [0.4, 0.5) is 0 Å². The number of nitrogens with zero attached hydrogens (tertiary/aromatic N) is 3. The second-order valence-electron chi connectivity index (χ2n) is 3.48. The van der Waals surface area contributed by atoms with Crippen LogP contribution in [0.1, 0.15) is 19.3 Å². The van der Waals surface area contributed by atoms with Gasteiger partial charge in [-0.2, -0.15) is 0 Å². The molecule has 0 unspecified atom stereocenters. The molecule has 0 fully saturated rings. The van der Waals surface area contributed by atoms with Crippen LogP contribution in [0.25, 0.3) is 11.2 Å². The van der Waals surface area contributed by atoms with Crippen molar-refractivity contribution in [2.24, 2.45) is 0 Å². The lowest BCUT2D eigenvalue weighted by Crippen LogP contribution is -1.94. The third-order valence-corrected chi connectivity index (χ3v) is 3.27. The van der Waals surface area contributed by atoms with E-state index in [1.54, 1.807) is 18.1 Å². The van der Waals surface area contributed by atoms with Gasteiger partial charge in [-0.1, -0.05) is 0 Å². The Balaban J connectivity index is 1.86. The zero-order chi connectivity index (χ0) is 12.1. The highest BCUT2D eigenvalue weighted by Crippen LogP contribution is 2.22. The minimum atomic E-state index is -0.744. The number of fused-ring (bicyclic) bond motifs is 1. The van der Waals surface area contributed by atoms with E-state index in [0.29, 0.717) is 6.42 Å². The van der Waals surface area contributed by atoms with Crippen LogP contribution in [0, 0.1) is 0 Å². The molecular weight excluding hydrogens is 240 g/mol. The van der Waals surface area contributed by atoms with E-state index >= 15 is 0 Å². The molecule has 0 aliphatic carbocycles. The summed E-state index contributed by atoms with van der Waals surface area (Å²) < 4.78 is 0. The van der Waals surface area contributed by atoms with Crippen molar-refractivity contribution in [3.05, 3.63) is 12.7 Å². The number of carboxylic acid groups (broad SMARTS) is 1. The van der Waals surface area contributed by atoms with Crippen LogP contribution >= 0.6 is 11.8 Å². The van der Waals surface area contributed by atoms with E-state index in [2.05, 4.69) is 19.9 Å². The number of aromatic amines is 1. The molecule has 0 spiro atoms. The number of carboxylic acids is 1. The van der Waals surface area contributed by atoms with Crippen LogP contribution in [0.2, 0.25) is 0 Å². The number of carbonyl (C=O) groups is 1. The third-order valence-electron chi connectivity index (χ3n) is 2.21. The van der Waals surface area contributed by atoms with E-state index in [0.717, 1.165) is 28.4 Å². The molecule has 2 rings (SSSR count). The first-order chi connectivity index (χ1) is 8.27. The number of thioether (sulfide) groups is 1. The largest absolute Gasteiger partial charge is 0.481 e. The van der Waals surface area contributed by atoms with Gasteiger partial charge in [-0.05, 0) is 18.6 Å². The van der Waals surface area contributed by atoms with Crippen LogP contribution in [0.3, 0.4) is 0 Å². The first-order valence-corrected chi connectivity index (χ1v) is 6.24. The number of hydrogen-bond acceptors (Lipinski definition) is 5. The van der Waals surface area contributed by atoms with E-state index in [1.807, 2.05) is 0 Å². The summed E-state index contributed by atoms with van der Waals surface area (Å²) in [5.74, 6) is 0.0958. The second kappa shape index (κ2) is 5.62. The van der Waals surface area contributed by atoms with Gasteiger partial charge in [0.2, 0.25) is 0 Å². The Morgan fingerprint density at radius 2 is 2.24 bits per heavy atom. The number of unbranched alkanes of at least 4 members (excludes halogenated alkanes) is 1. The van der Waals surface area contributed by atoms with E-state index in [4.69, 9.17) is 5.11 Å². The average Bonchev–Trinajstić information content (AvgIpc) is 2.77. The van der Waals surface area contributed by atoms with E-state index in [9.17, 15) is 4.79 Å². The maximum absolute atomic E-state index is 10.3. The third kappa shape index (κ3) is 3.16. The lowest BCUT2D eigenvalue weighted by atomic mass is 10.3. The van der Waals surface area contributed by atoms with Crippen molar-refractivity contribution in [1.82, 2.24) is 19.9 Å². The Morgan fingerprint density at radius 1 is 1.35 bits per heavy atom. The lowest BCUT2D eigenvalue weighted by Gasteiger charge is -2.00. The zero-order valence-corrected chi connectivity index (χ0v) is 9.90. The summed E-state index contributed by atoms with van der Waals surface area (Å²) in [7, 11) is 0. The fraction of sp³-hybridized carbons (Fsp3) is 0.400. The Morgan fingerprint density at radius 3 is 3.06 bits per heavy atom. The van der Waals surface area contributed by atoms with E-state index in [1.165, 1.54) is 6.33 Å². The molecule has 0 aromatic carbocycles. The normalized spacial score (nSPS) is 10.8. The molecule has 0 amide bonds. The maximum atomic E-state index is 10.3. The van der Waals surface area contributed by atoms with Crippen LogP contribution in [-0.2, 0) is 4.79 Å². The Bertz CT molecular complexity index is 514. The molecule has 0 atom stereocenters. The quantitative estimate of drug-likeness (QED) is 0.462. The van der Waals surface area contributed by atoms with Crippen molar-refractivity contribution >= 4 is 28.9 Å². The molecule has 2 N–H and O–H groups in total. The molecule has 0 saturated carbocycles. The predicted octanol–water partition coefficient (Wildman–Crippen LogP) is 1.70. The van der Waals surface area contributed by atoms with Gasteiger partial charge >= 0.3 is 5.97 Å². The SMILES string of the molecule is O=C(O)CCCCSc1ncnc2[nH]cnc12. The smallest absolute Gasteiger partial charge is 0.303 e. The highest BCUT2D eigenvalue weighted by Gasteiger charge is 2.06. The number of aromatic nitrogens is 4. The predicted molar refractivity (Wildman–Crippen MR) is 63.9 cm³/mol. The average molecular weight is 252 g/mol. The topological polar surface area (TPSA) is 91.8 Å². The molecule has 7 heteroatoms. The Hall–Kier alpha value is -1.63. The van der Waals surface area contributed by atoms with Crippen molar-refractivity contribution in [3.63, 3.8) is 0 Å². The molecule has 90 valence electrons. The van der Waals surface area contributed by atoms with E-state index < -0.39 is 5.97 Å². The van der Waals surface area contributed by atoms with Gasteiger partial charge in [0, 0.05) is 6.42 Å². The van der Waals surface area contributed by atoms with Crippen LogP contribution in [0.15, 0.2) is 17.7 Å². The molecule has 0 radical (unpaired) electrons. The van der Waals surface area contributed by atoms with Gasteiger partial charge in [-0.25, -0.2) is 15.0 Å². The van der Waals surface area contributed by atoms with Crippen LogP contribution in [0.5, 0.6) is 0 Å². The van der Waals surface area contributed by atoms with Crippen molar-refractivity contribution in [2.45, 2.75) is 24.3 Å². The van der Waals surface area contributed by atoms with Gasteiger partial charge < -0.3 is 10.1 Å². The highest BCUT2D eigenvalue weighted by atomic mass is 32.2. The molecule has 0 saturated heterocycles. The summed E-state index contributed by atoms with van der Waals surface area (Å²) in [6.07, 6.45) is 4.86. The van der Waals surface area contributed by atoms with E-state index in [-0.39, 0.29) is 6.42 Å². The van der Waals surface area contributed by atoms with Crippen molar-refractivity contribution in [3.8, 4) is 0 Å². The standard InChI is InChI=1S/C10H12N4O2S/c15-7(16)3-1-2-4-17-10-8-9(12-5-11-8)13-6-14-10/h5-6H,1-4H2,(H,15,16)(H,11,12,13,14). The number of rotatable bonds is 6. The molecule has 0 aliphatic heterocycles. The highest BCUT2D eigenvalue weighted by molar-refractivity contribution is 7.99. The number of H-pyrrole nitrogens is 1. The second-order valence-corrected chi connectivity index (χ2v) is 4.56. The number of aliphatic carboxylic acids is 1. The van der Waals surface area contributed by atoms with Gasteiger partial charge in [0.1, 0.15) is 16.9 Å². The van der Waals surface area contributed by atoms with Gasteiger partial charge in [-0.15, -0.1) is 11.8 Å². The van der Waals surface area contributed by atoms with Crippen LogP contribution < -0.4 is 0 Å². The zero-order valence-electron chi connectivity index (χ0n) is 9.09. The molecule has 2 aromatic rings. The number of imidazole rings is 1. The monoisotopic (exact) mass is 252 g/mol. The molecule has 0 bridgehead atoms.